The molecule has 6 nitrogen and oxygen atoms in total. The molecule has 1 aliphatic rings. The van der Waals surface area contributed by atoms with Gasteiger partial charge in [0.05, 0.1) is 24.8 Å². The maximum Gasteiger partial charge on any atom is 0.295 e. The number of amides is 1. The number of ether oxygens (including phenoxy) is 2. The van der Waals surface area contributed by atoms with Gasteiger partial charge in [-0.05, 0) is 67.6 Å². The van der Waals surface area contributed by atoms with Gasteiger partial charge in [0.1, 0.15) is 17.3 Å². The van der Waals surface area contributed by atoms with Crippen LogP contribution >= 0.6 is 0 Å². The minimum atomic E-state index is -0.688. The zero-order chi connectivity index (χ0) is 25.0. The number of hydrogen-bond acceptors (Lipinski definition) is 5. The number of unbranched alkanes of at least 4 members (excludes halogenated alkanes) is 1. The summed E-state index contributed by atoms with van der Waals surface area (Å²) < 4.78 is 11.3. The Morgan fingerprint density at radius 2 is 1.82 bits per heavy atom. The molecule has 34 heavy (non-hydrogen) atoms. The van der Waals surface area contributed by atoms with E-state index in [2.05, 4.69) is 0 Å². The number of methoxy groups -OCH3 is 1. The van der Waals surface area contributed by atoms with Crippen LogP contribution in [0.4, 0.5) is 0 Å². The summed E-state index contributed by atoms with van der Waals surface area (Å²) in [6.45, 7) is 10.4. The summed E-state index contributed by atoms with van der Waals surface area (Å²) in [7, 11) is 1.60. The van der Waals surface area contributed by atoms with Crippen molar-refractivity contribution in [1.82, 2.24) is 4.90 Å². The van der Waals surface area contributed by atoms with Crippen LogP contribution in [0, 0.1) is 0 Å². The standard InChI is InChI=1S/C28H35NO5/c1-7-8-14-29-25(19-10-9-11-21(15-19)34-18(4)5)24(27(31)28(29)32)26(30)20-12-13-23(33-6)22(16-20)17(2)3/h9-13,15-18,25,30H,7-8,14H2,1-6H3/b26-24+. The van der Waals surface area contributed by atoms with Crippen LogP contribution < -0.4 is 9.47 Å². The molecule has 1 saturated heterocycles. The molecular formula is C28H35NO5. The Labute approximate surface area is 202 Å². The second-order valence-electron chi connectivity index (χ2n) is 9.20. The minimum Gasteiger partial charge on any atom is -0.507 e. The van der Waals surface area contributed by atoms with E-state index < -0.39 is 17.7 Å². The fourth-order valence-corrected chi connectivity index (χ4v) is 4.30. The summed E-state index contributed by atoms with van der Waals surface area (Å²) in [6.07, 6.45) is 1.62. The topological polar surface area (TPSA) is 76.1 Å². The highest BCUT2D eigenvalue weighted by molar-refractivity contribution is 6.46. The highest BCUT2D eigenvalue weighted by Gasteiger charge is 2.45. The predicted molar refractivity (Wildman–Crippen MR) is 133 cm³/mol. The van der Waals surface area contributed by atoms with Gasteiger partial charge in [-0.15, -0.1) is 0 Å². The minimum absolute atomic E-state index is 0.0181. The van der Waals surface area contributed by atoms with E-state index in [4.69, 9.17) is 9.47 Å². The molecule has 3 rings (SSSR count). The first-order valence-corrected chi connectivity index (χ1v) is 11.9. The van der Waals surface area contributed by atoms with Crippen LogP contribution in [0.5, 0.6) is 11.5 Å². The van der Waals surface area contributed by atoms with Crippen LogP contribution in [0.15, 0.2) is 48.0 Å². The largest absolute Gasteiger partial charge is 0.507 e. The lowest BCUT2D eigenvalue weighted by molar-refractivity contribution is -0.139. The van der Waals surface area contributed by atoms with Gasteiger partial charge in [0.25, 0.3) is 11.7 Å². The molecule has 1 heterocycles. The Morgan fingerprint density at radius 3 is 2.44 bits per heavy atom. The first-order chi connectivity index (χ1) is 16.2. The van der Waals surface area contributed by atoms with Gasteiger partial charge >= 0.3 is 0 Å². The van der Waals surface area contributed by atoms with Crippen molar-refractivity contribution in [1.29, 1.82) is 0 Å². The molecule has 0 spiro atoms. The van der Waals surface area contributed by atoms with Crippen molar-refractivity contribution >= 4 is 17.4 Å². The monoisotopic (exact) mass is 465 g/mol. The third-order valence-corrected chi connectivity index (χ3v) is 5.96. The molecule has 0 aromatic heterocycles. The number of benzene rings is 2. The molecular weight excluding hydrogens is 430 g/mol. The zero-order valence-electron chi connectivity index (χ0n) is 20.9. The van der Waals surface area contributed by atoms with E-state index in [9.17, 15) is 14.7 Å². The molecule has 182 valence electrons. The number of hydrogen-bond donors (Lipinski definition) is 1. The second-order valence-corrected chi connectivity index (χ2v) is 9.20. The average Bonchev–Trinajstić information content (AvgIpc) is 3.06. The van der Waals surface area contributed by atoms with Gasteiger partial charge in [0.2, 0.25) is 0 Å². The highest BCUT2D eigenvalue weighted by Crippen LogP contribution is 2.41. The number of rotatable bonds is 9. The van der Waals surface area contributed by atoms with Crippen LogP contribution in [0.1, 0.15) is 76.1 Å². The summed E-state index contributed by atoms with van der Waals surface area (Å²) in [4.78, 5) is 27.8. The van der Waals surface area contributed by atoms with E-state index in [1.54, 1.807) is 24.1 Å². The summed E-state index contributed by atoms with van der Waals surface area (Å²) in [5.74, 6) is 0.0750. The molecule has 1 unspecified atom stereocenters. The molecule has 1 N–H and O–H groups in total. The van der Waals surface area contributed by atoms with Gasteiger partial charge in [-0.1, -0.05) is 39.3 Å². The Bertz CT molecular complexity index is 1090. The molecule has 2 aromatic carbocycles. The first-order valence-electron chi connectivity index (χ1n) is 11.9. The van der Waals surface area contributed by atoms with Gasteiger partial charge in [-0.2, -0.15) is 0 Å². The number of carbonyl (C=O) groups is 2. The number of aliphatic hydroxyl groups is 1. The lowest BCUT2D eigenvalue weighted by Crippen LogP contribution is -2.30. The summed E-state index contributed by atoms with van der Waals surface area (Å²) in [6, 6.07) is 12.0. The van der Waals surface area contributed by atoms with Crippen molar-refractivity contribution in [3.05, 3.63) is 64.7 Å². The fourth-order valence-electron chi connectivity index (χ4n) is 4.30. The molecule has 1 atom stereocenters. The lowest BCUT2D eigenvalue weighted by Gasteiger charge is -2.26. The SMILES string of the molecule is CCCCN1C(=O)C(=O)/C(=C(/O)c2ccc(OC)c(C(C)C)c2)C1c1cccc(OC(C)C)c1. The van der Waals surface area contributed by atoms with Gasteiger partial charge in [0.15, 0.2) is 0 Å². The predicted octanol–water partition coefficient (Wildman–Crippen LogP) is 5.83. The second kappa shape index (κ2) is 10.8. The van der Waals surface area contributed by atoms with Crippen molar-refractivity contribution < 1.29 is 24.2 Å². The van der Waals surface area contributed by atoms with E-state index in [1.165, 1.54) is 0 Å². The molecule has 0 bridgehead atoms. The summed E-state index contributed by atoms with van der Waals surface area (Å²) >= 11 is 0. The Kier molecular flexibility index (Phi) is 8.02. The number of carbonyl (C=O) groups excluding carboxylic acids is 2. The molecule has 1 fully saturated rings. The van der Waals surface area contributed by atoms with Gasteiger partial charge in [0, 0.05) is 12.1 Å². The van der Waals surface area contributed by atoms with Crippen LogP contribution in [0.25, 0.3) is 5.76 Å². The number of ketones is 1. The molecule has 6 heteroatoms. The lowest BCUT2D eigenvalue weighted by atomic mass is 9.93. The zero-order valence-corrected chi connectivity index (χ0v) is 20.9. The Hall–Kier alpha value is -3.28. The molecule has 2 aromatic rings. The van der Waals surface area contributed by atoms with Crippen molar-refractivity contribution in [3.8, 4) is 11.5 Å². The van der Waals surface area contributed by atoms with Crippen LogP contribution in [0.3, 0.4) is 0 Å². The number of Topliss-reactive ketones (excluding diaryl/α,β-unsaturated/α-hetero) is 1. The van der Waals surface area contributed by atoms with Crippen LogP contribution in [0.2, 0.25) is 0 Å². The normalized spacial score (nSPS) is 17.6. The third kappa shape index (κ3) is 5.11. The quantitative estimate of drug-likeness (QED) is 0.287. The highest BCUT2D eigenvalue weighted by atomic mass is 16.5. The Morgan fingerprint density at radius 1 is 1.09 bits per heavy atom. The van der Waals surface area contributed by atoms with Crippen molar-refractivity contribution in [3.63, 3.8) is 0 Å². The van der Waals surface area contributed by atoms with Gasteiger partial charge in [-0.25, -0.2) is 0 Å². The van der Waals surface area contributed by atoms with E-state index >= 15 is 0 Å². The number of aliphatic hydroxyl groups excluding tert-OH is 1. The van der Waals surface area contributed by atoms with E-state index in [0.717, 1.165) is 24.0 Å². The van der Waals surface area contributed by atoms with Crippen molar-refractivity contribution in [2.75, 3.05) is 13.7 Å². The van der Waals surface area contributed by atoms with Crippen LogP contribution in [-0.2, 0) is 9.59 Å². The molecule has 1 amide bonds. The molecule has 0 aliphatic carbocycles. The first kappa shape index (κ1) is 25.3. The average molecular weight is 466 g/mol. The van der Waals surface area contributed by atoms with Crippen molar-refractivity contribution in [2.24, 2.45) is 0 Å². The summed E-state index contributed by atoms with van der Waals surface area (Å²) in [5, 5.41) is 11.4. The van der Waals surface area contributed by atoms with E-state index in [-0.39, 0.29) is 23.4 Å². The summed E-state index contributed by atoms with van der Waals surface area (Å²) in [5.41, 5.74) is 2.23. The maximum atomic E-state index is 13.2. The molecule has 0 radical (unpaired) electrons. The van der Waals surface area contributed by atoms with Crippen molar-refractivity contribution in [2.45, 2.75) is 65.5 Å². The fraction of sp³-hybridized carbons (Fsp3) is 0.429. The smallest absolute Gasteiger partial charge is 0.295 e. The molecule has 1 aliphatic heterocycles. The number of likely N-dealkylation sites (tertiary alicyclic amines) is 1. The van der Waals surface area contributed by atoms with E-state index in [1.807, 2.05) is 65.0 Å². The van der Waals surface area contributed by atoms with Gasteiger partial charge in [-0.3, -0.25) is 9.59 Å². The third-order valence-electron chi connectivity index (χ3n) is 5.96. The number of nitrogens with zero attached hydrogens (tertiary/aromatic N) is 1. The maximum absolute atomic E-state index is 13.2. The van der Waals surface area contributed by atoms with Gasteiger partial charge < -0.3 is 19.5 Å². The Balaban J connectivity index is 2.18. The van der Waals surface area contributed by atoms with Crippen LogP contribution in [-0.4, -0.2) is 41.5 Å². The van der Waals surface area contributed by atoms with E-state index in [0.29, 0.717) is 23.6 Å². The molecule has 0 saturated carbocycles.